The Morgan fingerprint density at radius 1 is 1.00 bits per heavy atom. The maximum Gasteiger partial charge on any atom is 0.137 e. The van der Waals surface area contributed by atoms with Crippen molar-refractivity contribution >= 4 is 11.0 Å². The van der Waals surface area contributed by atoms with Gasteiger partial charge >= 0.3 is 0 Å². The van der Waals surface area contributed by atoms with E-state index in [1.807, 2.05) is 18.5 Å². The Bertz CT molecular complexity index is 586. The molecule has 3 aromatic heterocycles. The molecule has 0 aliphatic heterocycles. The molecule has 15 heavy (non-hydrogen) atoms. The summed E-state index contributed by atoms with van der Waals surface area (Å²) < 4.78 is 0. The van der Waals surface area contributed by atoms with Crippen LogP contribution in [0.15, 0.2) is 43.2 Å². The quantitative estimate of drug-likeness (QED) is 0.647. The van der Waals surface area contributed by atoms with Crippen LogP contribution in [-0.2, 0) is 0 Å². The smallest absolute Gasteiger partial charge is 0.137 e. The Morgan fingerprint density at radius 3 is 2.73 bits per heavy atom. The maximum absolute atomic E-state index is 4.31. The first kappa shape index (κ1) is 8.11. The fourth-order valence-electron chi connectivity index (χ4n) is 1.55. The third kappa shape index (κ3) is 1.36. The molecule has 0 bridgehead atoms. The average Bonchev–Trinajstić information content (AvgIpc) is 2.77. The standard InChI is InChI=1S/C11H8N4/c1-2-14-11-8(1)3-9(6-15-11)10-4-12-7-13-5-10/h1-7H,(H,14,15). The van der Waals surface area contributed by atoms with E-state index in [4.69, 9.17) is 0 Å². The van der Waals surface area contributed by atoms with Gasteiger partial charge in [-0.15, -0.1) is 0 Å². The second kappa shape index (κ2) is 3.16. The van der Waals surface area contributed by atoms with Gasteiger partial charge in [-0.05, 0) is 12.1 Å². The van der Waals surface area contributed by atoms with Crippen LogP contribution in [0.2, 0.25) is 0 Å². The molecule has 0 amide bonds. The lowest BCUT2D eigenvalue weighted by molar-refractivity contribution is 1.17. The second-order valence-corrected chi connectivity index (χ2v) is 3.27. The molecule has 0 saturated heterocycles. The zero-order valence-electron chi connectivity index (χ0n) is 7.88. The van der Waals surface area contributed by atoms with E-state index < -0.39 is 0 Å². The summed E-state index contributed by atoms with van der Waals surface area (Å²) in [5.74, 6) is 0. The summed E-state index contributed by atoms with van der Waals surface area (Å²) >= 11 is 0. The zero-order chi connectivity index (χ0) is 10.1. The Labute approximate surface area is 86.0 Å². The highest BCUT2D eigenvalue weighted by molar-refractivity contribution is 5.80. The molecule has 3 heterocycles. The molecule has 0 spiro atoms. The third-order valence-electron chi connectivity index (χ3n) is 2.29. The van der Waals surface area contributed by atoms with Gasteiger partial charge in [-0.25, -0.2) is 15.0 Å². The minimum absolute atomic E-state index is 0.899. The Kier molecular flexibility index (Phi) is 1.71. The first-order chi connectivity index (χ1) is 7.43. The topological polar surface area (TPSA) is 54.5 Å². The van der Waals surface area contributed by atoms with Crippen molar-refractivity contribution in [2.45, 2.75) is 0 Å². The molecule has 0 radical (unpaired) electrons. The Hall–Kier alpha value is -2.23. The monoisotopic (exact) mass is 196 g/mol. The summed E-state index contributed by atoms with van der Waals surface area (Å²) in [7, 11) is 0. The van der Waals surface area contributed by atoms with Crippen LogP contribution in [0.3, 0.4) is 0 Å². The number of aromatic nitrogens is 4. The number of aromatic amines is 1. The highest BCUT2D eigenvalue weighted by Crippen LogP contribution is 2.20. The lowest BCUT2D eigenvalue weighted by Gasteiger charge is -1.99. The minimum Gasteiger partial charge on any atom is -0.346 e. The van der Waals surface area contributed by atoms with Crippen LogP contribution in [0.4, 0.5) is 0 Å². The molecule has 3 rings (SSSR count). The number of nitrogens with zero attached hydrogens (tertiary/aromatic N) is 3. The predicted molar refractivity (Wildman–Crippen MR) is 57.1 cm³/mol. The van der Waals surface area contributed by atoms with Crippen LogP contribution >= 0.6 is 0 Å². The largest absolute Gasteiger partial charge is 0.346 e. The number of H-pyrrole nitrogens is 1. The van der Waals surface area contributed by atoms with E-state index in [1.54, 1.807) is 12.4 Å². The van der Waals surface area contributed by atoms with Crippen LogP contribution in [0, 0.1) is 0 Å². The van der Waals surface area contributed by atoms with Gasteiger partial charge < -0.3 is 4.98 Å². The van der Waals surface area contributed by atoms with Crippen molar-refractivity contribution in [3.8, 4) is 11.1 Å². The van der Waals surface area contributed by atoms with Gasteiger partial charge in [0.1, 0.15) is 12.0 Å². The molecule has 0 aliphatic carbocycles. The van der Waals surface area contributed by atoms with E-state index in [0.29, 0.717) is 0 Å². The highest BCUT2D eigenvalue weighted by Gasteiger charge is 2.01. The van der Waals surface area contributed by atoms with E-state index in [0.717, 1.165) is 22.2 Å². The van der Waals surface area contributed by atoms with Gasteiger partial charge in [0.2, 0.25) is 0 Å². The lowest BCUT2D eigenvalue weighted by atomic mass is 10.1. The fraction of sp³-hybridized carbons (Fsp3) is 0. The second-order valence-electron chi connectivity index (χ2n) is 3.27. The highest BCUT2D eigenvalue weighted by atomic mass is 14.8. The summed E-state index contributed by atoms with van der Waals surface area (Å²) in [6, 6.07) is 4.06. The van der Waals surface area contributed by atoms with Gasteiger partial charge in [-0.1, -0.05) is 0 Å². The Morgan fingerprint density at radius 2 is 1.87 bits per heavy atom. The first-order valence-corrected chi connectivity index (χ1v) is 4.62. The van der Waals surface area contributed by atoms with E-state index in [-0.39, 0.29) is 0 Å². The summed E-state index contributed by atoms with van der Waals surface area (Å²) in [5.41, 5.74) is 2.91. The molecule has 4 heteroatoms. The third-order valence-corrected chi connectivity index (χ3v) is 2.29. The summed E-state index contributed by atoms with van der Waals surface area (Å²) in [4.78, 5) is 15.3. The van der Waals surface area contributed by atoms with Crippen molar-refractivity contribution in [2.24, 2.45) is 0 Å². The number of rotatable bonds is 1. The van der Waals surface area contributed by atoms with Crippen molar-refractivity contribution in [1.82, 2.24) is 19.9 Å². The number of fused-ring (bicyclic) bond motifs is 1. The number of hydrogen-bond acceptors (Lipinski definition) is 3. The molecule has 3 aromatic rings. The molecule has 0 fully saturated rings. The average molecular weight is 196 g/mol. The van der Waals surface area contributed by atoms with Gasteiger partial charge in [0.05, 0.1) is 0 Å². The number of pyridine rings is 1. The van der Waals surface area contributed by atoms with E-state index in [1.165, 1.54) is 6.33 Å². The summed E-state index contributed by atoms with van der Waals surface area (Å²) in [6.07, 6.45) is 8.78. The molecule has 72 valence electrons. The molecule has 0 aromatic carbocycles. The van der Waals surface area contributed by atoms with Gasteiger partial charge in [0.25, 0.3) is 0 Å². The van der Waals surface area contributed by atoms with Crippen LogP contribution < -0.4 is 0 Å². The first-order valence-electron chi connectivity index (χ1n) is 4.62. The molecule has 0 unspecified atom stereocenters. The lowest BCUT2D eigenvalue weighted by Crippen LogP contribution is -1.83. The van der Waals surface area contributed by atoms with Crippen LogP contribution in [0.25, 0.3) is 22.2 Å². The molecular weight excluding hydrogens is 188 g/mol. The van der Waals surface area contributed by atoms with Crippen LogP contribution in [0.1, 0.15) is 0 Å². The molecule has 0 saturated carbocycles. The van der Waals surface area contributed by atoms with Crippen LogP contribution in [0.5, 0.6) is 0 Å². The number of hydrogen-bond donors (Lipinski definition) is 1. The molecule has 1 N–H and O–H groups in total. The molecular formula is C11H8N4. The van der Waals surface area contributed by atoms with Crippen molar-refractivity contribution in [3.05, 3.63) is 43.2 Å². The number of nitrogens with one attached hydrogen (secondary N) is 1. The minimum atomic E-state index is 0.899. The fourth-order valence-corrected chi connectivity index (χ4v) is 1.55. The summed E-state index contributed by atoms with van der Waals surface area (Å²) in [5, 5.41) is 1.09. The van der Waals surface area contributed by atoms with Crippen molar-refractivity contribution in [3.63, 3.8) is 0 Å². The predicted octanol–water partition coefficient (Wildman–Crippen LogP) is 2.02. The SMILES string of the molecule is c1ncc(-c2cnc3[nH]ccc3c2)cn1. The van der Waals surface area contributed by atoms with E-state index in [9.17, 15) is 0 Å². The maximum atomic E-state index is 4.31. The van der Waals surface area contributed by atoms with E-state index in [2.05, 4.69) is 26.0 Å². The Balaban J connectivity index is 2.19. The van der Waals surface area contributed by atoms with Gasteiger partial charge in [0.15, 0.2) is 0 Å². The van der Waals surface area contributed by atoms with Gasteiger partial charge in [0, 0.05) is 41.3 Å². The van der Waals surface area contributed by atoms with Crippen molar-refractivity contribution in [2.75, 3.05) is 0 Å². The molecule has 4 nitrogen and oxygen atoms in total. The van der Waals surface area contributed by atoms with Crippen molar-refractivity contribution < 1.29 is 0 Å². The van der Waals surface area contributed by atoms with E-state index >= 15 is 0 Å². The molecule has 0 atom stereocenters. The molecule has 0 aliphatic rings. The summed E-state index contributed by atoms with van der Waals surface area (Å²) in [6.45, 7) is 0. The van der Waals surface area contributed by atoms with Crippen LogP contribution in [-0.4, -0.2) is 19.9 Å². The zero-order valence-corrected chi connectivity index (χ0v) is 7.88. The van der Waals surface area contributed by atoms with Crippen molar-refractivity contribution in [1.29, 1.82) is 0 Å². The van der Waals surface area contributed by atoms with Gasteiger partial charge in [-0.2, -0.15) is 0 Å². The van der Waals surface area contributed by atoms with Gasteiger partial charge in [-0.3, -0.25) is 0 Å². The normalized spacial score (nSPS) is 10.7.